The van der Waals surface area contributed by atoms with Gasteiger partial charge in [0.15, 0.2) is 5.82 Å². The van der Waals surface area contributed by atoms with Crippen molar-refractivity contribution in [3.63, 3.8) is 0 Å². The van der Waals surface area contributed by atoms with Gasteiger partial charge in [0.25, 0.3) is 0 Å². The molecule has 0 aliphatic rings. The van der Waals surface area contributed by atoms with Crippen LogP contribution in [-0.4, -0.2) is 16.2 Å². The number of nitrogens with zero attached hydrogens (tertiary/aromatic N) is 2. The van der Waals surface area contributed by atoms with Crippen molar-refractivity contribution in [3.05, 3.63) is 24.9 Å². The van der Waals surface area contributed by atoms with Gasteiger partial charge in [0.1, 0.15) is 0 Å². The zero-order chi connectivity index (χ0) is 8.10. The second kappa shape index (κ2) is 3.55. The Morgan fingerprint density at radius 3 is 3.27 bits per heavy atom. The molecule has 0 bridgehead atoms. The number of carbonyl (C=O) groups is 1. The van der Waals surface area contributed by atoms with Gasteiger partial charge in [-0.25, -0.2) is 0 Å². The summed E-state index contributed by atoms with van der Waals surface area (Å²) in [5.41, 5.74) is 0. The van der Waals surface area contributed by atoms with Gasteiger partial charge in [0.2, 0.25) is 6.41 Å². The highest BCUT2D eigenvalue weighted by Crippen LogP contribution is 1.99. The minimum absolute atomic E-state index is 0.557. The smallest absolute Gasteiger partial charge is 0.212 e. The Morgan fingerprint density at radius 1 is 1.82 bits per heavy atom. The molecule has 0 atom stereocenters. The number of anilines is 1. The molecule has 0 fully saturated rings. The Morgan fingerprint density at radius 2 is 2.64 bits per heavy atom. The van der Waals surface area contributed by atoms with Gasteiger partial charge < -0.3 is 5.32 Å². The number of allylic oxidation sites excluding steroid dienone is 1. The molecule has 11 heavy (non-hydrogen) atoms. The first kappa shape index (κ1) is 7.53. The van der Waals surface area contributed by atoms with E-state index in [-0.39, 0.29) is 0 Å². The number of hydrogen-bond acceptors (Lipinski definition) is 2. The molecule has 0 aliphatic heterocycles. The lowest BCUT2D eigenvalue weighted by Crippen LogP contribution is -1.98. The van der Waals surface area contributed by atoms with Crippen LogP contribution in [0.15, 0.2) is 24.9 Å². The lowest BCUT2D eigenvalue weighted by molar-refractivity contribution is -0.105. The van der Waals surface area contributed by atoms with Crippen molar-refractivity contribution in [2.45, 2.75) is 6.54 Å². The van der Waals surface area contributed by atoms with E-state index in [1.807, 2.05) is 0 Å². The van der Waals surface area contributed by atoms with Crippen molar-refractivity contribution >= 4 is 12.2 Å². The molecule has 1 amide bonds. The Kier molecular flexibility index (Phi) is 2.43. The van der Waals surface area contributed by atoms with E-state index in [0.29, 0.717) is 18.8 Å². The SMILES string of the molecule is C=CCn1ccc(NC=O)n1. The summed E-state index contributed by atoms with van der Waals surface area (Å²) in [6, 6.07) is 1.72. The average molecular weight is 151 g/mol. The molecule has 0 aliphatic carbocycles. The fraction of sp³-hybridized carbons (Fsp3) is 0.143. The maximum Gasteiger partial charge on any atom is 0.212 e. The van der Waals surface area contributed by atoms with Crippen LogP contribution in [0.2, 0.25) is 0 Å². The molecule has 1 rings (SSSR count). The van der Waals surface area contributed by atoms with Crippen LogP contribution in [0.25, 0.3) is 0 Å². The molecular weight excluding hydrogens is 142 g/mol. The summed E-state index contributed by atoms with van der Waals surface area (Å²) in [6.45, 7) is 4.21. The fourth-order valence-electron chi connectivity index (χ4n) is 0.733. The normalized spacial score (nSPS) is 9.09. The van der Waals surface area contributed by atoms with E-state index in [1.165, 1.54) is 0 Å². The number of carbonyl (C=O) groups excluding carboxylic acids is 1. The summed E-state index contributed by atoms with van der Waals surface area (Å²) < 4.78 is 1.68. The van der Waals surface area contributed by atoms with Crippen LogP contribution in [0.1, 0.15) is 0 Å². The van der Waals surface area contributed by atoms with Crippen LogP contribution in [0.3, 0.4) is 0 Å². The molecule has 0 aromatic carbocycles. The largest absolute Gasteiger partial charge is 0.312 e. The van der Waals surface area contributed by atoms with Crippen LogP contribution >= 0.6 is 0 Å². The first-order chi connectivity index (χ1) is 5.36. The third-order valence-electron chi connectivity index (χ3n) is 1.16. The number of amides is 1. The fourth-order valence-corrected chi connectivity index (χ4v) is 0.733. The minimum atomic E-state index is 0.557. The quantitative estimate of drug-likeness (QED) is 0.507. The van der Waals surface area contributed by atoms with Gasteiger partial charge >= 0.3 is 0 Å². The molecule has 58 valence electrons. The highest BCUT2D eigenvalue weighted by molar-refractivity contribution is 5.68. The maximum atomic E-state index is 9.96. The minimum Gasteiger partial charge on any atom is -0.312 e. The van der Waals surface area contributed by atoms with Crippen molar-refractivity contribution in [2.24, 2.45) is 0 Å². The molecule has 1 aromatic heterocycles. The van der Waals surface area contributed by atoms with Crippen LogP contribution in [0.5, 0.6) is 0 Å². The summed E-state index contributed by atoms with van der Waals surface area (Å²) in [5, 5.41) is 6.43. The van der Waals surface area contributed by atoms with Crippen LogP contribution in [0.4, 0.5) is 5.82 Å². The van der Waals surface area contributed by atoms with Gasteiger partial charge in [-0.1, -0.05) is 6.08 Å². The van der Waals surface area contributed by atoms with Gasteiger partial charge in [-0.15, -0.1) is 6.58 Å². The Bertz CT molecular complexity index is 229. The molecule has 4 nitrogen and oxygen atoms in total. The van der Waals surface area contributed by atoms with Gasteiger partial charge in [-0.05, 0) is 0 Å². The van der Waals surface area contributed by atoms with Crippen molar-refractivity contribution in [3.8, 4) is 0 Å². The molecule has 0 saturated heterocycles. The van der Waals surface area contributed by atoms with Gasteiger partial charge in [-0.2, -0.15) is 5.10 Å². The Labute approximate surface area is 64.5 Å². The number of nitrogens with one attached hydrogen (secondary N) is 1. The predicted octanol–water partition coefficient (Wildman–Crippen LogP) is 0.637. The van der Waals surface area contributed by atoms with E-state index < -0.39 is 0 Å². The third-order valence-corrected chi connectivity index (χ3v) is 1.16. The molecule has 1 aromatic rings. The monoisotopic (exact) mass is 151 g/mol. The van der Waals surface area contributed by atoms with E-state index in [4.69, 9.17) is 0 Å². The van der Waals surface area contributed by atoms with E-state index in [2.05, 4.69) is 17.0 Å². The lowest BCUT2D eigenvalue weighted by atomic mass is 10.6. The molecular formula is C7H9N3O. The topological polar surface area (TPSA) is 46.9 Å². The van der Waals surface area contributed by atoms with Gasteiger partial charge in [0, 0.05) is 12.3 Å². The standard InChI is InChI=1S/C7H9N3O/c1-2-4-10-5-3-7(9-10)8-6-11/h2-3,5-6H,1,4H2,(H,8,9,11). The van der Waals surface area contributed by atoms with Gasteiger partial charge in [-0.3, -0.25) is 9.48 Å². The van der Waals surface area contributed by atoms with Crippen LogP contribution in [-0.2, 0) is 11.3 Å². The summed E-state index contributed by atoms with van der Waals surface area (Å²) >= 11 is 0. The van der Waals surface area contributed by atoms with Gasteiger partial charge in [0.05, 0.1) is 6.54 Å². The second-order valence-electron chi connectivity index (χ2n) is 1.97. The highest BCUT2D eigenvalue weighted by atomic mass is 16.1. The molecule has 0 radical (unpaired) electrons. The molecule has 0 spiro atoms. The number of hydrogen-bond donors (Lipinski definition) is 1. The highest BCUT2D eigenvalue weighted by Gasteiger charge is 1.93. The van der Waals surface area contributed by atoms with Crippen molar-refractivity contribution in [2.75, 3.05) is 5.32 Å². The maximum absolute atomic E-state index is 9.96. The Balaban J connectivity index is 2.64. The second-order valence-corrected chi connectivity index (χ2v) is 1.97. The van der Waals surface area contributed by atoms with E-state index in [1.54, 1.807) is 23.0 Å². The summed E-state index contributed by atoms with van der Waals surface area (Å²) in [4.78, 5) is 9.96. The molecule has 4 heteroatoms. The first-order valence-corrected chi connectivity index (χ1v) is 3.21. The van der Waals surface area contributed by atoms with Crippen LogP contribution < -0.4 is 5.32 Å². The summed E-state index contributed by atoms with van der Waals surface area (Å²) in [7, 11) is 0. The van der Waals surface area contributed by atoms with Crippen molar-refractivity contribution in [1.29, 1.82) is 0 Å². The predicted molar refractivity (Wildman–Crippen MR) is 42.1 cm³/mol. The van der Waals surface area contributed by atoms with Crippen LogP contribution in [0, 0.1) is 0 Å². The molecule has 0 saturated carbocycles. The van der Waals surface area contributed by atoms with Crippen molar-refractivity contribution < 1.29 is 4.79 Å². The van der Waals surface area contributed by atoms with E-state index in [0.717, 1.165) is 0 Å². The van der Waals surface area contributed by atoms with Crippen molar-refractivity contribution in [1.82, 2.24) is 9.78 Å². The number of aromatic nitrogens is 2. The first-order valence-electron chi connectivity index (χ1n) is 3.21. The third kappa shape index (κ3) is 1.93. The summed E-state index contributed by atoms with van der Waals surface area (Å²) in [6.07, 6.45) is 4.10. The number of rotatable bonds is 4. The molecule has 1 N–H and O–H groups in total. The molecule has 1 heterocycles. The summed E-state index contributed by atoms with van der Waals surface area (Å²) in [5.74, 6) is 0.557. The molecule has 0 unspecified atom stereocenters. The van der Waals surface area contributed by atoms with E-state index in [9.17, 15) is 4.79 Å². The zero-order valence-electron chi connectivity index (χ0n) is 6.03. The lowest BCUT2D eigenvalue weighted by Gasteiger charge is -1.92. The zero-order valence-corrected chi connectivity index (χ0v) is 6.03. The Hall–Kier alpha value is -1.58. The van der Waals surface area contributed by atoms with E-state index >= 15 is 0 Å². The average Bonchev–Trinajstić information content (AvgIpc) is 2.38.